The predicted octanol–water partition coefficient (Wildman–Crippen LogP) is 1.55. The zero-order chi connectivity index (χ0) is 9.52. The molecule has 1 aliphatic rings. The Hall–Kier alpha value is -0.410. The van der Waals surface area contributed by atoms with Crippen LogP contribution in [0.1, 0.15) is 32.6 Å². The minimum absolute atomic E-state index is 0.105. The van der Waals surface area contributed by atoms with Crippen molar-refractivity contribution in [3.05, 3.63) is 0 Å². The van der Waals surface area contributed by atoms with Gasteiger partial charge in [-0.25, -0.2) is 0 Å². The van der Waals surface area contributed by atoms with E-state index in [-0.39, 0.29) is 18.5 Å². The molecule has 1 fully saturated rings. The summed E-state index contributed by atoms with van der Waals surface area (Å²) in [5, 5.41) is 0. The topological polar surface area (TPSA) is 35.5 Å². The van der Waals surface area contributed by atoms with Gasteiger partial charge in [0, 0.05) is 13.2 Å². The number of Topliss-reactive ketones (excluding diaryl/α,β-unsaturated/α-hetero) is 1. The van der Waals surface area contributed by atoms with E-state index in [1.165, 1.54) is 0 Å². The Kier molecular flexibility index (Phi) is 5.01. The van der Waals surface area contributed by atoms with Crippen LogP contribution in [-0.2, 0) is 14.3 Å². The van der Waals surface area contributed by atoms with Crippen LogP contribution in [0, 0.1) is 0 Å². The SMILES string of the molecule is CCCOCC(=O)C1CCCCO1. The molecule has 0 N–H and O–H groups in total. The van der Waals surface area contributed by atoms with Crippen LogP contribution in [0.4, 0.5) is 0 Å². The van der Waals surface area contributed by atoms with Crippen molar-refractivity contribution in [3.63, 3.8) is 0 Å². The highest BCUT2D eigenvalue weighted by molar-refractivity contribution is 5.84. The van der Waals surface area contributed by atoms with Gasteiger partial charge in [0.25, 0.3) is 0 Å². The minimum Gasteiger partial charge on any atom is -0.374 e. The first-order valence-corrected chi connectivity index (χ1v) is 5.06. The summed E-state index contributed by atoms with van der Waals surface area (Å²) in [6.45, 7) is 3.64. The van der Waals surface area contributed by atoms with Crippen LogP contribution in [0.5, 0.6) is 0 Å². The van der Waals surface area contributed by atoms with E-state index in [9.17, 15) is 4.79 Å². The van der Waals surface area contributed by atoms with Crippen molar-refractivity contribution in [1.29, 1.82) is 0 Å². The molecule has 0 radical (unpaired) electrons. The number of carbonyl (C=O) groups excluding carboxylic acids is 1. The quantitative estimate of drug-likeness (QED) is 0.611. The number of ketones is 1. The highest BCUT2D eigenvalue weighted by atomic mass is 16.5. The van der Waals surface area contributed by atoms with Gasteiger partial charge >= 0.3 is 0 Å². The molecule has 0 aromatic rings. The smallest absolute Gasteiger partial charge is 0.187 e. The van der Waals surface area contributed by atoms with Crippen LogP contribution in [-0.4, -0.2) is 31.7 Å². The van der Waals surface area contributed by atoms with Crippen LogP contribution in [0.3, 0.4) is 0 Å². The van der Waals surface area contributed by atoms with Crippen molar-refractivity contribution < 1.29 is 14.3 Å². The van der Waals surface area contributed by atoms with E-state index < -0.39 is 0 Å². The van der Waals surface area contributed by atoms with Gasteiger partial charge in [-0.1, -0.05) is 6.92 Å². The molecule has 0 aromatic heterocycles. The Balaban J connectivity index is 2.13. The highest BCUT2D eigenvalue weighted by Crippen LogP contribution is 2.13. The number of rotatable bonds is 5. The largest absolute Gasteiger partial charge is 0.374 e. The lowest BCUT2D eigenvalue weighted by Crippen LogP contribution is -2.31. The van der Waals surface area contributed by atoms with Crippen LogP contribution in [0.2, 0.25) is 0 Å². The molecule has 0 amide bonds. The predicted molar refractivity (Wildman–Crippen MR) is 49.7 cm³/mol. The summed E-state index contributed by atoms with van der Waals surface area (Å²) in [7, 11) is 0. The second-order valence-corrected chi connectivity index (χ2v) is 3.37. The number of carbonyl (C=O) groups is 1. The zero-order valence-electron chi connectivity index (χ0n) is 8.25. The fraction of sp³-hybridized carbons (Fsp3) is 0.900. The molecule has 1 rings (SSSR count). The van der Waals surface area contributed by atoms with E-state index in [0.717, 1.165) is 32.3 Å². The zero-order valence-corrected chi connectivity index (χ0v) is 8.25. The standard InChI is InChI=1S/C10H18O3/c1-2-6-12-8-9(11)10-5-3-4-7-13-10/h10H,2-8H2,1H3. The molecule has 76 valence electrons. The van der Waals surface area contributed by atoms with E-state index in [1.807, 2.05) is 6.92 Å². The lowest BCUT2D eigenvalue weighted by molar-refractivity contribution is -0.137. The van der Waals surface area contributed by atoms with Gasteiger partial charge in [-0.2, -0.15) is 0 Å². The molecule has 1 heterocycles. The summed E-state index contributed by atoms with van der Waals surface area (Å²) in [5.74, 6) is 0.105. The van der Waals surface area contributed by atoms with Crippen molar-refractivity contribution in [2.24, 2.45) is 0 Å². The summed E-state index contributed by atoms with van der Waals surface area (Å²) < 4.78 is 10.5. The van der Waals surface area contributed by atoms with E-state index >= 15 is 0 Å². The summed E-state index contributed by atoms with van der Waals surface area (Å²) >= 11 is 0. The molecule has 3 nitrogen and oxygen atoms in total. The van der Waals surface area contributed by atoms with Crippen molar-refractivity contribution in [2.75, 3.05) is 19.8 Å². The normalized spacial score (nSPS) is 23.0. The van der Waals surface area contributed by atoms with Gasteiger partial charge < -0.3 is 9.47 Å². The second-order valence-electron chi connectivity index (χ2n) is 3.37. The summed E-state index contributed by atoms with van der Waals surface area (Å²) in [6.07, 6.45) is 3.82. The molecular formula is C10H18O3. The van der Waals surface area contributed by atoms with Gasteiger partial charge in [0.15, 0.2) is 5.78 Å². The molecule has 1 atom stereocenters. The lowest BCUT2D eigenvalue weighted by atomic mass is 10.1. The molecule has 0 aliphatic carbocycles. The van der Waals surface area contributed by atoms with Crippen molar-refractivity contribution in [3.8, 4) is 0 Å². The Labute approximate surface area is 79.4 Å². The van der Waals surface area contributed by atoms with Crippen molar-refractivity contribution in [1.82, 2.24) is 0 Å². The van der Waals surface area contributed by atoms with Crippen molar-refractivity contribution >= 4 is 5.78 Å². The second kappa shape index (κ2) is 6.11. The third-order valence-electron chi connectivity index (χ3n) is 2.13. The Morgan fingerprint density at radius 2 is 2.38 bits per heavy atom. The lowest BCUT2D eigenvalue weighted by Gasteiger charge is -2.21. The van der Waals surface area contributed by atoms with E-state index in [0.29, 0.717) is 6.61 Å². The van der Waals surface area contributed by atoms with Crippen LogP contribution >= 0.6 is 0 Å². The maximum Gasteiger partial charge on any atom is 0.187 e. The van der Waals surface area contributed by atoms with Crippen molar-refractivity contribution in [2.45, 2.75) is 38.7 Å². The highest BCUT2D eigenvalue weighted by Gasteiger charge is 2.21. The average molecular weight is 186 g/mol. The number of ether oxygens (including phenoxy) is 2. The van der Waals surface area contributed by atoms with E-state index in [2.05, 4.69) is 0 Å². The van der Waals surface area contributed by atoms with E-state index in [1.54, 1.807) is 0 Å². The average Bonchev–Trinajstić information content (AvgIpc) is 2.19. The first kappa shape index (κ1) is 10.7. The summed E-state index contributed by atoms with van der Waals surface area (Å²) in [6, 6.07) is 0. The van der Waals surface area contributed by atoms with Gasteiger partial charge in [0.2, 0.25) is 0 Å². The van der Waals surface area contributed by atoms with Gasteiger partial charge in [-0.05, 0) is 25.7 Å². The number of hydrogen-bond donors (Lipinski definition) is 0. The van der Waals surface area contributed by atoms with Gasteiger partial charge in [0.05, 0.1) is 0 Å². The minimum atomic E-state index is -0.189. The Morgan fingerprint density at radius 1 is 1.54 bits per heavy atom. The van der Waals surface area contributed by atoms with Crippen LogP contribution in [0.15, 0.2) is 0 Å². The molecule has 0 bridgehead atoms. The van der Waals surface area contributed by atoms with Crippen LogP contribution in [0.25, 0.3) is 0 Å². The number of hydrogen-bond acceptors (Lipinski definition) is 3. The molecular weight excluding hydrogens is 168 g/mol. The first-order chi connectivity index (χ1) is 6.34. The monoisotopic (exact) mass is 186 g/mol. The van der Waals surface area contributed by atoms with Gasteiger partial charge in [-0.3, -0.25) is 4.79 Å². The first-order valence-electron chi connectivity index (χ1n) is 5.06. The molecule has 1 saturated heterocycles. The van der Waals surface area contributed by atoms with Crippen LogP contribution < -0.4 is 0 Å². The Bertz CT molecular complexity index is 150. The maximum absolute atomic E-state index is 11.4. The molecule has 0 saturated carbocycles. The van der Waals surface area contributed by atoms with Gasteiger partial charge in [0.1, 0.15) is 12.7 Å². The third-order valence-corrected chi connectivity index (χ3v) is 2.13. The molecule has 3 heteroatoms. The fourth-order valence-corrected chi connectivity index (χ4v) is 1.40. The fourth-order valence-electron chi connectivity index (χ4n) is 1.40. The molecule has 13 heavy (non-hydrogen) atoms. The summed E-state index contributed by atoms with van der Waals surface area (Å²) in [5.41, 5.74) is 0. The molecule has 0 spiro atoms. The molecule has 0 aromatic carbocycles. The molecule has 1 unspecified atom stereocenters. The third kappa shape index (κ3) is 3.87. The van der Waals surface area contributed by atoms with Gasteiger partial charge in [-0.15, -0.1) is 0 Å². The maximum atomic E-state index is 11.4. The van der Waals surface area contributed by atoms with E-state index in [4.69, 9.17) is 9.47 Å². The molecule has 1 aliphatic heterocycles. The summed E-state index contributed by atoms with van der Waals surface area (Å²) in [4.78, 5) is 11.4. The Morgan fingerprint density at radius 3 is 3.00 bits per heavy atom.